The molecule has 0 atom stereocenters. The van der Waals surface area contributed by atoms with Gasteiger partial charge in [-0.1, -0.05) is 0 Å². The number of fused-ring (bicyclic) bond motifs is 1. The molecule has 0 unspecified atom stereocenters. The van der Waals surface area contributed by atoms with Gasteiger partial charge < -0.3 is 0 Å². The fourth-order valence-corrected chi connectivity index (χ4v) is 1.59. The first-order chi connectivity index (χ1) is 7.60. The van der Waals surface area contributed by atoms with Crippen LogP contribution in [0.3, 0.4) is 0 Å². The van der Waals surface area contributed by atoms with Gasteiger partial charge in [0.05, 0.1) is 22.3 Å². The standard InChI is InChI=1S/C11H5N3O2/c1-14-10(15)8-2-6(4-12)7(5-13)3-9(8)11(14)16/h2-3H,1H3. The molecule has 0 aromatic heterocycles. The summed E-state index contributed by atoms with van der Waals surface area (Å²) in [5.41, 5.74) is 0.585. The zero-order chi connectivity index (χ0) is 11.9. The Morgan fingerprint density at radius 2 is 1.38 bits per heavy atom. The van der Waals surface area contributed by atoms with Crippen molar-refractivity contribution in [2.24, 2.45) is 0 Å². The molecule has 5 nitrogen and oxygen atoms in total. The molecule has 1 aromatic carbocycles. The molecule has 0 bridgehead atoms. The second-order valence-electron chi connectivity index (χ2n) is 3.34. The van der Waals surface area contributed by atoms with Crippen molar-refractivity contribution in [1.82, 2.24) is 4.90 Å². The predicted molar refractivity (Wildman–Crippen MR) is 52.3 cm³/mol. The first-order valence-electron chi connectivity index (χ1n) is 4.40. The average Bonchev–Trinajstić information content (AvgIpc) is 2.52. The van der Waals surface area contributed by atoms with E-state index in [1.807, 2.05) is 12.1 Å². The van der Waals surface area contributed by atoms with E-state index in [1.54, 1.807) is 0 Å². The topological polar surface area (TPSA) is 85.0 Å². The SMILES string of the molecule is CN1C(=O)c2cc(C#N)c(C#N)cc2C1=O. The van der Waals surface area contributed by atoms with Crippen LogP contribution < -0.4 is 0 Å². The van der Waals surface area contributed by atoms with Crippen molar-refractivity contribution in [3.05, 3.63) is 34.4 Å². The van der Waals surface area contributed by atoms with Gasteiger partial charge in [0.15, 0.2) is 0 Å². The summed E-state index contributed by atoms with van der Waals surface area (Å²) in [5, 5.41) is 17.6. The zero-order valence-electron chi connectivity index (χ0n) is 8.31. The molecular weight excluding hydrogens is 206 g/mol. The Kier molecular flexibility index (Phi) is 1.96. The van der Waals surface area contributed by atoms with E-state index in [0.29, 0.717) is 0 Å². The van der Waals surface area contributed by atoms with Crippen LogP contribution in [0.1, 0.15) is 31.8 Å². The van der Waals surface area contributed by atoms with Crippen molar-refractivity contribution >= 4 is 11.8 Å². The normalized spacial score (nSPS) is 13.3. The van der Waals surface area contributed by atoms with Gasteiger partial charge in [0, 0.05) is 7.05 Å². The van der Waals surface area contributed by atoms with Crippen LogP contribution in [0.25, 0.3) is 0 Å². The largest absolute Gasteiger partial charge is 0.277 e. The minimum atomic E-state index is -0.444. The second kappa shape index (κ2) is 3.18. The maximum Gasteiger partial charge on any atom is 0.261 e. The molecule has 0 N–H and O–H groups in total. The highest BCUT2D eigenvalue weighted by molar-refractivity contribution is 6.21. The van der Waals surface area contributed by atoms with E-state index in [-0.39, 0.29) is 22.3 Å². The molecule has 2 amide bonds. The number of carbonyl (C=O) groups excluding carboxylic acids is 2. The molecule has 0 saturated carbocycles. The van der Waals surface area contributed by atoms with Crippen LogP contribution in [0.2, 0.25) is 0 Å². The number of nitriles is 2. The Labute approximate surface area is 91.1 Å². The summed E-state index contributed by atoms with van der Waals surface area (Å²) in [6, 6.07) is 6.22. The van der Waals surface area contributed by atoms with Crippen LogP contribution in [0.4, 0.5) is 0 Å². The summed E-state index contributed by atoms with van der Waals surface area (Å²) in [6.45, 7) is 0. The van der Waals surface area contributed by atoms with E-state index in [9.17, 15) is 9.59 Å². The lowest BCUT2D eigenvalue weighted by atomic mass is 10.0. The van der Waals surface area contributed by atoms with Gasteiger partial charge in [-0.15, -0.1) is 0 Å². The summed E-state index contributed by atoms with van der Waals surface area (Å²) in [5.74, 6) is -0.887. The fourth-order valence-electron chi connectivity index (χ4n) is 1.59. The van der Waals surface area contributed by atoms with Gasteiger partial charge in [-0.2, -0.15) is 10.5 Å². The summed E-state index contributed by atoms with van der Waals surface area (Å²) in [7, 11) is 1.36. The lowest BCUT2D eigenvalue weighted by molar-refractivity contribution is 0.0693. The Morgan fingerprint density at radius 1 is 1.00 bits per heavy atom. The molecule has 1 aliphatic rings. The highest BCUT2D eigenvalue weighted by atomic mass is 16.2. The molecule has 0 fully saturated rings. The van der Waals surface area contributed by atoms with Gasteiger partial charge in [0.2, 0.25) is 0 Å². The Hall–Kier alpha value is -2.66. The van der Waals surface area contributed by atoms with Gasteiger partial charge in [-0.05, 0) is 12.1 Å². The van der Waals surface area contributed by atoms with Crippen LogP contribution in [0.5, 0.6) is 0 Å². The smallest absolute Gasteiger partial charge is 0.261 e. The fraction of sp³-hybridized carbons (Fsp3) is 0.0909. The second-order valence-corrected chi connectivity index (χ2v) is 3.34. The van der Waals surface area contributed by atoms with Crippen molar-refractivity contribution in [2.75, 3.05) is 7.05 Å². The average molecular weight is 211 g/mol. The van der Waals surface area contributed by atoms with Gasteiger partial charge >= 0.3 is 0 Å². The first kappa shape index (κ1) is 9.88. The van der Waals surface area contributed by atoms with Gasteiger partial charge in [-0.25, -0.2) is 0 Å². The van der Waals surface area contributed by atoms with E-state index in [0.717, 1.165) is 4.90 Å². The minimum absolute atomic E-state index is 0.109. The van der Waals surface area contributed by atoms with Crippen molar-refractivity contribution in [1.29, 1.82) is 10.5 Å². The zero-order valence-corrected chi connectivity index (χ0v) is 8.31. The van der Waals surface area contributed by atoms with Gasteiger partial charge in [-0.3, -0.25) is 14.5 Å². The number of hydrogen-bond acceptors (Lipinski definition) is 4. The molecule has 0 spiro atoms. The van der Waals surface area contributed by atoms with Crippen molar-refractivity contribution in [3.63, 3.8) is 0 Å². The molecule has 0 saturated heterocycles. The lowest BCUT2D eigenvalue weighted by Crippen LogP contribution is -2.24. The minimum Gasteiger partial charge on any atom is -0.277 e. The molecule has 16 heavy (non-hydrogen) atoms. The lowest BCUT2D eigenvalue weighted by Gasteiger charge is -2.02. The molecule has 1 heterocycles. The first-order valence-corrected chi connectivity index (χ1v) is 4.40. The molecule has 76 valence electrons. The quantitative estimate of drug-likeness (QED) is 0.590. The monoisotopic (exact) mass is 211 g/mol. The van der Waals surface area contributed by atoms with E-state index >= 15 is 0 Å². The third kappa shape index (κ3) is 1.09. The molecule has 5 heteroatoms. The number of hydrogen-bond donors (Lipinski definition) is 0. The Morgan fingerprint density at radius 3 is 1.69 bits per heavy atom. The number of carbonyl (C=O) groups is 2. The van der Waals surface area contributed by atoms with Crippen LogP contribution in [0.15, 0.2) is 12.1 Å². The molecule has 2 rings (SSSR count). The molecular formula is C11H5N3O2. The van der Waals surface area contributed by atoms with E-state index in [1.165, 1.54) is 19.2 Å². The third-order valence-electron chi connectivity index (χ3n) is 2.47. The summed E-state index contributed by atoms with van der Waals surface area (Å²) < 4.78 is 0. The van der Waals surface area contributed by atoms with Crippen LogP contribution in [0, 0.1) is 22.7 Å². The van der Waals surface area contributed by atoms with Crippen LogP contribution in [-0.2, 0) is 0 Å². The number of nitrogens with zero attached hydrogens (tertiary/aromatic N) is 3. The maximum absolute atomic E-state index is 11.6. The number of amides is 2. The molecule has 0 radical (unpaired) electrons. The number of rotatable bonds is 0. The predicted octanol–water partition coefficient (Wildman–Crippen LogP) is 0.656. The third-order valence-corrected chi connectivity index (χ3v) is 2.47. The van der Waals surface area contributed by atoms with Crippen molar-refractivity contribution < 1.29 is 9.59 Å². The van der Waals surface area contributed by atoms with Gasteiger partial charge in [0.25, 0.3) is 11.8 Å². The van der Waals surface area contributed by atoms with Crippen molar-refractivity contribution in [3.8, 4) is 12.1 Å². The molecule has 1 aliphatic heterocycles. The molecule has 1 aromatic rings. The van der Waals surface area contributed by atoms with E-state index < -0.39 is 11.8 Å². The summed E-state index contributed by atoms with van der Waals surface area (Å²) >= 11 is 0. The molecule has 0 aliphatic carbocycles. The van der Waals surface area contributed by atoms with Gasteiger partial charge in [0.1, 0.15) is 12.1 Å². The van der Waals surface area contributed by atoms with E-state index in [2.05, 4.69) is 0 Å². The van der Waals surface area contributed by atoms with E-state index in [4.69, 9.17) is 10.5 Å². The number of imide groups is 1. The number of benzene rings is 1. The Balaban J connectivity index is 2.76. The Bertz CT molecular complexity index is 552. The summed E-state index contributed by atoms with van der Waals surface area (Å²) in [4.78, 5) is 24.1. The maximum atomic E-state index is 11.6. The van der Waals surface area contributed by atoms with Crippen LogP contribution in [-0.4, -0.2) is 23.8 Å². The van der Waals surface area contributed by atoms with Crippen molar-refractivity contribution in [2.45, 2.75) is 0 Å². The highest BCUT2D eigenvalue weighted by Crippen LogP contribution is 2.24. The summed E-state index contributed by atoms with van der Waals surface area (Å²) in [6.07, 6.45) is 0. The van der Waals surface area contributed by atoms with Crippen LogP contribution >= 0.6 is 0 Å². The highest BCUT2D eigenvalue weighted by Gasteiger charge is 2.33.